The van der Waals surface area contributed by atoms with Gasteiger partial charge < -0.3 is 10.6 Å². The minimum atomic E-state index is 0.0708. The molecule has 1 atom stereocenters. The van der Waals surface area contributed by atoms with E-state index < -0.39 is 0 Å². The molecule has 102 valence electrons. The standard InChI is InChI=1S/C16H16BrN3/c1-20(15-7-2-4-12(8-15)10-18)16(11-19)13-5-3-6-14(17)9-13/h2-9,16H,11,19H2,1H3. The summed E-state index contributed by atoms with van der Waals surface area (Å²) in [5.74, 6) is 0. The largest absolute Gasteiger partial charge is 0.366 e. The summed E-state index contributed by atoms with van der Waals surface area (Å²) in [6.45, 7) is 0.504. The second kappa shape index (κ2) is 6.56. The van der Waals surface area contributed by atoms with Gasteiger partial charge in [0.15, 0.2) is 0 Å². The van der Waals surface area contributed by atoms with Gasteiger partial charge in [-0.2, -0.15) is 5.26 Å². The summed E-state index contributed by atoms with van der Waals surface area (Å²) in [5.41, 5.74) is 8.72. The van der Waals surface area contributed by atoms with Crippen molar-refractivity contribution in [3.05, 3.63) is 64.1 Å². The van der Waals surface area contributed by atoms with Crippen molar-refractivity contribution < 1.29 is 0 Å². The highest BCUT2D eigenvalue weighted by Gasteiger charge is 2.16. The molecule has 0 saturated carbocycles. The van der Waals surface area contributed by atoms with E-state index in [4.69, 9.17) is 11.0 Å². The van der Waals surface area contributed by atoms with Crippen LogP contribution in [0.3, 0.4) is 0 Å². The molecular weight excluding hydrogens is 314 g/mol. The monoisotopic (exact) mass is 329 g/mol. The lowest BCUT2D eigenvalue weighted by Gasteiger charge is -2.29. The van der Waals surface area contributed by atoms with E-state index in [0.717, 1.165) is 15.7 Å². The van der Waals surface area contributed by atoms with Crippen molar-refractivity contribution >= 4 is 21.6 Å². The van der Waals surface area contributed by atoms with E-state index in [0.29, 0.717) is 12.1 Å². The Morgan fingerprint density at radius 2 is 2.00 bits per heavy atom. The van der Waals surface area contributed by atoms with Gasteiger partial charge in [0.1, 0.15) is 0 Å². The van der Waals surface area contributed by atoms with Gasteiger partial charge in [-0.15, -0.1) is 0 Å². The summed E-state index contributed by atoms with van der Waals surface area (Å²) in [6.07, 6.45) is 0. The fourth-order valence-electron chi connectivity index (χ4n) is 2.21. The Labute approximate surface area is 127 Å². The highest BCUT2D eigenvalue weighted by molar-refractivity contribution is 9.10. The number of hydrogen-bond acceptors (Lipinski definition) is 3. The topological polar surface area (TPSA) is 53.0 Å². The fraction of sp³-hybridized carbons (Fsp3) is 0.188. The number of likely N-dealkylation sites (N-methyl/N-ethyl adjacent to an activating group) is 1. The summed E-state index contributed by atoms with van der Waals surface area (Å²) in [7, 11) is 1.99. The minimum absolute atomic E-state index is 0.0708. The van der Waals surface area contributed by atoms with E-state index in [-0.39, 0.29) is 6.04 Å². The van der Waals surface area contributed by atoms with Crippen molar-refractivity contribution in [2.75, 3.05) is 18.5 Å². The highest BCUT2D eigenvalue weighted by atomic mass is 79.9. The quantitative estimate of drug-likeness (QED) is 0.934. The van der Waals surface area contributed by atoms with E-state index in [9.17, 15) is 0 Å². The molecule has 0 heterocycles. The number of anilines is 1. The van der Waals surface area contributed by atoms with Gasteiger partial charge >= 0.3 is 0 Å². The van der Waals surface area contributed by atoms with E-state index in [2.05, 4.69) is 39.0 Å². The van der Waals surface area contributed by atoms with Crippen molar-refractivity contribution in [3.8, 4) is 6.07 Å². The fourth-order valence-corrected chi connectivity index (χ4v) is 2.62. The van der Waals surface area contributed by atoms with Crippen LogP contribution in [-0.4, -0.2) is 13.6 Å². The first-order valence-electron chi connectivity index (χ1n) is 6.34. The molecule has 3 nitrogen and oxygen atoms in total. The van der Waals surface area contributed by atoms with Crippen LogP contribution in [0.5, 0.6) is 0 Å². The van der Waals surface area contributed by atoms with Gasteiger partial charge in [-0.05, 0) is 35.9 Å². The summed E-state index contributed by atoms with van der Waals surface area (Å²) >= 11 is 3.49. The number of benzene rings is 2. The highest BCUT2D eigenvalue weighted by Crippen LogP contribution is 2.27. The summed E-state index contributed by atoms with van der Waals surface area (Å²) in [5, 5.41) is 8.99. The molecule has 0 aromatic heterocycles. The molecule has 0 spiro atoms. The van der Waals surface area contributed by atoms with Crippen molar-refractivity contribution in [1.29, 1.82) is 5.26 Å². The predicted molar refractivity (Wildman–Crippen MR) is 85.5 cm³/mol. The number of nitrogens with zero attached hydrogens (tertiary/aromatic N) is 2. The first-order valence-corrected chi connectivity index (χ1v) is 7.13. The lowest BCUT2D eigenvalue weighted by Crippen LogP contribution is -2.30. The maximum atomic E-state index is 8.99. The Morgan fingerprint density at radius 3 is 2.65 bits per heavy atom. The predicted octanol–water partition coefficient (Wildman–Crippen LogP) is 3.46. The molecule has 1 unspecified atom stereocenters. The molecule has 2 aromatic rings. The Balaban J connectivity index is 2.33. The second-order valence-corrected chi connectivity index (χ2v) is 5.50. The summed E-state index contributed by atoms with van der Waals surface area (Å²) in [6, 6.07) is 17.9. The normalized spacial score (nSPS) is 11.7. The zero-order chi connectivity index (χ0) is 14.5. The van der Waals surface area contributed by atoms with Crippen LogP contribution in [-0.2, 0) is 0 Å². The first-order chi connectivity index (χ1) is 9.65. The Morgan fingerprint density at radius 1 is 1.25 bits per heavy atom. The third-order valence-electron chi connectivity index (χ3n) is 3.31. The molecule has 0 amide bonds. The van der Waals surface area contributed by atoms with Crippen molar-refractivity contribution in [3.63, 3.8) is 0 Å². The molecule has 2 aromatic carbocycles. The number of rotatable bonds is 4. The van der Waals surface area contributed by atoms with Crippen LogP contribution in [0.4, 0.5) is 5.69 Å². The molecule has 0 aliphatic carbocycles. The number of hydrogen-bond donors (Lipinski definition) is 1. The molecule has 2 rings (SSSR count). The molecule has 0 aliphatic rings. The van der Waals surface area contributed by atoms with E-state index in [1.54, 1.807) is 6.07 Å². The maximum Gasteiger partial charge on any atom is 0.0992 e. The van der Waals surface area contributed by atoms with Gasteiger partial charge in [-0.1, -0.05) is 34.1 Å². The molecule has 0 fully saturated rings. The molecule has 4 heteroatoms. The van der Waals surface area contributed by atoms with Crippen molar-refractivity contribution in [2.24, 2.45) is 5.73 Å². The number of nitrogens with two attached hydrogens (primary N) is 1. The average molecular weight is 330 g/mol. The van der Waals surface area contributed by atoms with Gasteiger partial charge in [0.2, 0.25) is 0 Å². The van der Waals surface area contributed by atoms with Crippen LogP contribution in [0.2, 0.25) is 0 Å². The van der Waals surface area contributed by atoms with E-state index >= 15 is 0 Å². The van der Waals surface area contributed by atoms with Crippen LogP contribution in [0, 0.1) is 11.3 Å². The SMILES string of the molecule is CN(c1cccc(C#N)c1)C(CN)c1cccc(Br)c1. The third kappa shape index (κ3) is 3.19. The number of halogens is 1. The van der Waals surface area contributed by atoms with Gasteiger partial charge in [0.05, 0.1) is 17.7 Å². The summed E-state index contributed by atoms with van der Waals surface area (Å²) < 4.78 is 1.03. The molecule has 20 heavy (non-hydrogen) atoms. The molecule has 0 bridgehead atoms. The van der Waals surface area contributed by atoms with Gasteiger partial charge in [0.25, 0.3) is 0 Å². The molecule has 0 saturated heterocycles. The van der Waals surface area contributed by atoms with Crippen molar-refractivity contribution in [1.82, 2.24) is 0 Å². The average Bonchev–Trinajstić information content (AvgIpc) is 2.48. The lowest BCUT2D eigenvalue weighted by molar-refractivity contribution is 0.680. The maximum absolute atomic E-state index is 8.99. The molecule has 0 radical (unpaired) electrons. The van der Waals surface area contributed by atoms with Crippen LogP contribution >= 0.6 is 15.9 Å². The third-order valence-corrected chi connectivity index (χ3v) is 3.80. The van der Waals surface area contributed by atoms with Crippen LogP contribution in [0.25, 0.3) is 0 Å². The zero-order valence-corrected chi connectivity index (χ0v) is 12.8. The van der Waals surface area contributed by atoms with Crippen LogP contribution in [0.1, 0.15) is 17.2 Å². The van der Waals surface area contributed by atoms with Gasteiger partial charge in [-0.25, -0.2) is 0 Å². The Bertz CT molecular complexity index is 634. The van der Waals surface area contributed by atoms with E-state index in [1.807, 2.05) is 37.4 Å². The summed E-state index contributed by atoms with van der Waals surface area (Å²) in [4.78, 5) is 2.10. The van der Waals surface area contributed by atoms with Crippen LogP contribution in [0.15, 0.2) is 53.0 Å². The Kier molecular flexibility index (Phi) is 4.78. The molecular formula is C16H16BrN3. The second-order valence-electron chi connectivity index (χ2n) is 4.58. The smallest absolute Gasteiger partial charge is 0.0992 e. The van der Waals surface area contributed by atoms with Crippen molar-refractivity contribution in [2.45, 2.75) is 6.04 Å². The zero-order valence-electron chi connectivity index (χ0n) is 11.3. The Hall–Kier alpha value is -1.83. The van der Waals surface area contributed by atoms with Gasteiger partial charge in [-0.3, -0.25) is 0 Å². The molecule has 0 aliphatic heterocycles. The van der Waals surface area contributed by atoms with E-state index in [1.165, 1.54) is 0 Å². The first kappa shape index (κ1) is 14.6. The molecule has 2 N–H and O–H groups in total. The number of nitriles is 1. The lowest BCUT2D eigenvalue weighted by atomic mass is 10.0. The minimum Gasteiger partial charge on any atom is -0.366 e. The van der Waals surface area contributed by atoms with Gasteiger partial charge in [0, 0.05) is 23.8 Å². The van der Waals surface area contributed by atoms with Crippen LogP contribution < -0.4 is 10.6 Å².